The van der Waals surface area contributed by atoms with Crippen LogP contribution in [0.2, 0.25) is 0 Å². The molecule has 1 heterocycles. The number of nitrogens with one attached hydrogen (secondary N) is 1. The van der Waals surface area contributed by atoms with E-state index in [0.29, 0.717) is 5.89 Å². The number of H-pyrrole nitrogens is 1. The third-order valence-corrected chi connectivity index (χ3v) is 1.43. The van der Waals surface area contributed by atoms with Crippen LogP contribution in [0.5, 0.6) is 0 Å². The Morgan fingerprint density at radius 1 is 1.73 bits per heavy atom. The minimum Gasteiger partial charge on any atom is -0.412 e. The van der Waals surface area contributed by atoms with Gasteiger partial charge in [-0.25, -0.2) is 5.10 Å². The molecule has 0 radical (unpaired) electrons. The zero-order valence-corrected chi connectivity index (χ0v) is 7.03. The van der Waals surface area contributed by atoms with Gasteiger partial charge in [0.05, 0.1) is 6.07 Å². The van der Waals surface area contributed by atoms with Crippen LogP contribution in [0.15, 0.2) is 4.42 Å². The summed E-state index contributed by atoms with van der Waals surface area (Å²) >= 11 is 4.66. The lowest BCUT2D eigenvalue weighted by Crippen LogP contribution is -2.14. The second-order valence-electron chi connectivity index (χ2n) is 2.66. The summed E-state index contributed by atoms with van der Waals surface area (Å²) in [6.45, 7) is 3.42. The van der Waals surface area contributed by atoms with E-state index in [4.69, 9.17) is 9.68 Å². The molecule has 1 N–H and O–H groups in total. The Morgan fingerprint density at radius 2 is 2.36 bits per heavy atom. The summed E-state index contributed by atoms with van der Waals surface area (Å²) in [4.78, 5) is 0.198. The van der Waals surface area contributed by atoms with Crippen LogP contribution in [0.25, 0.3) is 0 Å². The quantitative estimate of drug-likeness (QED) is 0.647. The Balaban J connectivity index is 3.14. The monoisotopic (exact) mass is 169 g/mol. The number of hydrogen-bond donors (Lipinski definition) is 1. The van der Waals surface area contributed by atoms with Gasteiger partial charge in [-0.2, -0.15) is 5.26 Å². The molecule has 0 aliphatic carbocycles. The molecule has 58 valence electrons. The summed E-state index contributed by atoms with van der Waals surface area (Å²) < 4.78 is 4.96. The molecule has 11 heavy (non-hydrogen) atoms. The van der Waals surface area contributed by atoms with Gasteiger partial charge in [-0.05, 0) is 26.1 Å². The standard InChI is InChI=1S/C6H7N3OS/c1-6(2,3-7)4-8-9-5(11)10-4/h1-2H3,(H,9,11). The van der Waals surface area contributed by atoms with E-state index in [1.807, 2.05) is 6.07 Å². The molecule has 1 aromatic rings. The first-order chi connectivity index (χ1) is 5.06. The molecule has 1 rings (SSSR count). The maximum atomic E-state index is 8.66. The van der Waals surface area contributed by atoms with Gasteiger partial charge >= 0.3 is 0 Å². The van der Waals surface area contributed by atoms with Crippen LogP contribution in [-0.2, 0) is 5.41 Å². The van der Waals surface area contributed by atoms with Gasteiger partial charge in [-0.1, -0.05) is 0 Å². The topological polar surface area (TPSA) is 65.6 Å². The lowest BCUT2D eigenvalue weighted by atomic mass is 9.96. The van der Waals surface area contributed by atoms with E-state index < -0.39 is 5.41 Å². The molecule has 5 heteroatoms. The third-order valence-electron chi connectivity index (χ3n) is 1.25. The van der Waals surface area contributed by atoms with Crippen molar-refractivity contribution in [2.75, 3.05) is 0 Å². The number of rotatable bonds is 1. The van der Waals surface area contributed by atoms with Crippen LogP contribution in [0, 0.1) is 16.2 Å². The molecule has 0 saturated carbocycles. The molecule has 0 aromatic carbocycles. The smallest absolute Gasteiger partial charge is 0.284 e. The summed E-state index contributed by atoms with van der Waals surface area (Å²) in [5.41, 5.74) is -0.715. The molecule has 0 fully saturated rings. The first kappa shape index (κ1) is 7.95. The third kappa shape index (κ3) is 1.46. The first-order valence-electron chi connectivity index (χ1n) is 3.03. The minimum atomic E-state index is -0.715. The SMILES string of the molecule is CC(C)(C#N)c1n[nH]c(=S)o1. The van der Waals surface area contributed by atoms with E-state index >= 15 is 0 Å². The lowest BCUT2D eigenvalue weighted by molar-refractivity contribution is 0.418. The minimum absolute atomic E-state index is 0.198. The van der Waals surface area contributed by atoms with Crippen LogP contribution in [0.1, 0.15) is 19.7 Å². The summed E-state index contributed by atoms with van der Waals surface area (Å²) in [6, 6.07) is 2.05. The van der Waals surface area contributed by atoms with E-state index in [2.05, 4.69) is 22.4 Å². The Bertz CT molecular complexity index is 343. The summed E-state index contributed by atoms with van der Waals surface area (Å²) in [5, 5.41) is 14.9. The van der Waals surface area contributed by atoms with Crippen LogP contribution in [0.3, 0.4) is 0 Å². The number of hydrogen-bond acceptors (Lipinski definition) is 4. The molecule has 0 unspecified atom stereocenters. The molecule has 0 atom stereocenters. The van der Waals surface area contributed by atoms with Crippen molar-refractivity contribution < 1.29 is 4.42 Å². The van der Waals surface area contributed by atoms with Crippen molar-refractivity contribution in [1.82, 2.24) is 10.2 Å². The van der Waals surface area contributed by atoms with Crippen molar-refractivity contribution in [3.63, 3.8) is 0 Å². The summed E-state index contributed by atoms with van der Waals surface area (Å²) in [6.07, 6.45) is 0. The van der Waals surface area contributed by atoms with E-state index in [0.717, 1.165) is 0 Å². The van der Waals surface area contributed by atoms with Gasteiger partial charge in [0.25, 0.3) is 4.84 Å². The Morgan fingerprint density at radius 3 is 2.73 bits per heavy atom. The highest BCUT2D eigenvalue weighted by Gasteiger charge is 2.25. The van der Waals surface area contributed by atoms with Gasteiger partial charge in [-0.15, -0.1) is 5.10 Å². The summed E-state index contributed by atoms with van der Waals surface area (Å²) in [7, 11) is 0. The number of aromatic nitrogens is 2. The average molecular weight is 169 g/mol. The molecule has 0 saturated heterocycles. The largest absolute Gasteiger partial charge is 0.412 e. The zero-order chi connectivity index (χ0) is 8.48. The highest BCUT2D eigenvalue weighted by Crippen LogP contribution is 2.18. The zero-order valence-electron chi connectivity index (χ0n) is 6.21. The molecule has 4 nitrogen and oxygen atoms in total. The number of nitrogens with zero attached hydrogens (tertiary/aromatic N) is 2. The van der Waals surface area contributed by atoms with Gasteiger partial charge < -0.3 is 4.42 Å². The molecule has 0 spiro atoms. The highest BCUT2D eigenvalue weighted by atomic mass is 32.1. The molecule has 0 aliphatic heterocycles. The fourth-order valence-electron chi connectivity index (χ4n) is 0.545. The normalized spacial score (nSPS) is 11.0. The molecule has 0 amide bonds. The van der Waals surface area contributed by atoms with E-state index in [9.17, 15) is 0 Å². The van der Waals surface area contributed by atoms with Crippen LogP contribution in [0.4, 0.5) is 0 Å². The Hall–Kier alpha value is -1.15. The predicted octanol–water partition coefficient (Wildman–Crippen LogP) is 1.53. The average Bonchev–Trinajstić information content (AvgIpc) is 2.36. The van der Waals surface area contributed by atoms with Gasteiger partial charge in [0.15, 0.2) is 0 Å². The molecule has 0 bridgehead atoms. The maximum absolute atomic E-state index is 8.66. The maximum Gasteiger partial charge on any atom is 0.284 e. The molecule has 1 aromatic heterocycles. The predicted molar refractivity (Wildman–Crippen MR) is 40.3 cm³/mol. The Labute approximate surface area is 68.8 Å². The fourth-order valence-corrected chi connectivity index (χ4v) is 0.670. The lowest BCUT2D eigenvalue weighted by Gasteiger charge is -2.06. The van der Waals surface area contributed by atoms with E-state index in [-0.39, 0.29) is 4.84 Å². The number of aromatic amines is 1. The van der Waals surface area contributed by atoms with Crippen molar-refractivity contribution in [3.05, 3.63) is 10.7 Å². The first-order valence-corrected chi connectivity index (χ1v) is 3.44. The fraction of sp³-hybridized carbons (Fsp3) is 0.500. The van der Waals surface area contributed by atoms with Gasteiger partial charge in [0, 0.05) is 0 Å². The van der Waals surface area contributed by atoms with Crippen molar-refractivity contribution in [2.24, 2.45) is 0 Å². The van der Waals surface area contributed by atoms with Crippen molar-refractivity contribution >= 4 is 12.2 Å². The molecular formula is C6H7N3OS. The van der Waals surface area contributed by atoms with Crippen molar-refractivity contribution in [1.29, 1.82) is 5.26 Å². The van der Waals surface area contributed by atoms with Gasteiger partial charge in [0.2, 0.25) is 5.89 Å². The van der Waals surface area contributed by atoms with Crippen LogP contribution < -0.4 is 0 Å². The Kier molecular flexibility index (Phi) is 1.79. The van der Waals surface area contributed by atoms with Gasteiger partial charge in [-0.3, -0.25) is 0 Å². The van der Waals surface area contributed by atoms with E-state index in [1.165, 1.54) is 0 Å². The second kappa shape index (κ2) is 2.47. The van der Waals surface area contributed by atoms with Crippen molar-refractivity contribution in [2.45, 2.75) is 19.3 Å². The van der Waals surface area contributed by atoms with Crippen LogP contribution >= 0.6 is 12.2 Å². The van der Waals surface area contributed by atoms with Gasteiger partial charge in [0.1, 0.15) is 5.41 Å². The van der Waals surface area contributed by atoms with E-state index in [1.54, 1.807) is 13.8 Å². The van der Waals surface area contributed by atoms with Crippen molar-refractivity contribution in [3.8, 4) is 6.07 Å². The summed E-state index contributed by atoms with van der Waals surface area (Å²) in [5.74, 6) is 0.324. The number of nitriles is 1. The molecule has 0 aliphatic rings. The van der Waals surface area contributed by atoms with Crippen LogP contribution in [-0.4, -0.2) is 10.2 Å². The highest BCUT2D eigenvalue weighted by molar-refractivity contribution is 7.71. The molecular weight excluding hydrogens is 162 g/mol. The second-order valence-corrected chi connectivity index (χ2v) is 3.03.